The molecule has 0 spiro atoms. The molecule has 0 amide bonds. The lowest BCUT2D eigenvalue weighted by atomic mass is 9.98. The summed E-state index contributed by atoms with van der Waals surface area (Å²) >= 11 is 0. The molecule has 0 nitrogen and oxygen atoms in total. The van der Waals surface area contributed by atoms with Crippen molar-refractivity contribution in [1.82, 2.24) is 0 Å². The van der Waals surface area contributed by atoms with Crippen molar-refractivity contribution in [1.29, 1.82) is 0 Å². The molecule has 4 aromatic carbocycles. The van der Waals surface area contributed by atoms with Crippen molar-refractivity contribution in [3.8, 4) is 0 Å². The molecule has 0 heteroatoms. The monoisotopic (exact) mass is 444 g/mol. The van der Waals surface area contributed by atoms with Crippen LogP contribution in [0.15, 0.2) is 110 Å². The van der Waals surface area contributed by atoms with Crippen LogP contribution in [0.4, 0.5) is 0 Å². The summed E-state index contributed by atoms with van der Waals surface area (Å²) in [4.78, 5) is 0. The maximum Gasteiger partial charge on any atom is -0.00257 e. The second-order valence-electron chi connectivity index (χ2n) is 8.51. The van der Waals surface area contributed by atoms with Gasteiger partial charge in [0.1, 0.15) is 0 Å². The summed E-state index contributed by atoms with van der Waals surface area (Å²) < 4.78 is 0. The van der Waals surface area contributed by atoms with Gasteiger partial charge in [0.2, 0.25) is 0 Å². The van der Waals surface area contributed by atoms with Gasteiger partial charge in [-0.25, -0.2) is 0 Å². The second-order valence-corrected chi connectivity index (χ2v) is 8.51. The number of rotatable bonds is 8. The minimum Gasteiger partial charge on any atom is -0.0985 e. The van der Waals surface area contributed by atoms with Gasteiger partial charge in [0.05, 0.1) is 0 Å². The fraction of sp³-hybridized carbons (Fsp3) is 0.176. The highest BCUT2D eigenvalue weighted by molar-refractivity contribution is 5.54. The summed E-state index contributed by atoms with van der Waals surface area (Å²) in [6.45, 7) is 12.1. The maximum absolute atomic E-state index is 3.85. The Morgan fingerprint density at radius 1 is 0.500 bits per heavy atom. The third-order valence-corrected chi connectivity index (χ3v) is 6.12. The van der Waals surface area contributed by atoms with Crippen molar-refractivity contribution in [3.63, 3.8) is 0 Å². The van der Waals surface area contributed by atoms with E-state index in [-0.39, 0.29) is 0 Å². The molecule has 172 valence electrons. The smallest absolute Gasteiger partial charge is 0.00257 e. The van der Waals surface area contributed by atoms with Crippen LogP contribution in [0.3, 0.4) is 0 Å². The standard InChI is InChI=1S/2C17H18/c2*1-3-16-11-10-15(13-17(16)4-2)12-14-8-6-5-7-9-14/h2*3,5-11,13H,1,4,12H2,2H3. The van der Waals surface area contributed by atoms with Gasteiger partial charge in [-0.1, -0.05) is 136 Å². The zero-order valence-corrected chi connectivity index (χ0v) is 20.6. The van der Waals surface area contributed by atoms with E-state index in [9.17, 15) is 0 Å². The average Bonchev–Trinajstić information content (AvgIpc) is 2.90. The van der Waals surface area contributed by atoms with Crippen LogP contribution in [-0.2, 0) is 25.7 Å². The van der Waals surface area contributed by atoms with Crippen LogP contribution >= 0.6 is 0 Å². The highest BCUT2D eigenvalue weighted by Crippen LogP contribution is 2.18. The molecule has 0 atom stereocenters. The van der Waals surface area contributed by atoms with Crippen LogP contribution in [-0.4, -0.2) is 0 Å². The number of hydrogen-bond acceptors (Lipinski definition) is 0. The van der Waals surface area contributed by atoms with Gasteiger partial charge in [0.25, 0.3) is 0 Å². The molecule has 0 aliphatic rings. The summed E-state index contributed by atoms with van der Waals surface area (Å²) in [6, 6.07) is 34.5. The van der Waals surface area contributed by atoms with Crippen molar-refractivity contribution < 1.29 is 0 Å². The third kappa shape index (κ3) is 7.18. The predicted octanol–water partition coefficient (Wildman–Crippen LogP) is 8.97. The Morgan fingerprint density at radius 3 is 1.21 bits per heavy atom. The Balaban J connectivity index is 0.000000191. The second kappa shape index (κ2) is 13.2. The molecule has 0 unspecified atom stereocenters. The van der Waals surface area contributed by atoms with Crippen LogP contribution in [0.25, 0.3) is 12.2 Å². The molecule has 0 aromatic heterocycles. The van der Waals surface area contributed by atoms with Crippen molar-refractivity contribution in [3.05, 3.63) is 155 Å². The highest BCUT2D eigenvalue weighted by atomic mass is 14.1. The molecule has 0 radical (unpaired) electrons. The molecule has 0 saturated carbocycles. The lowest BCUT2D eigenvalue weighted by Crippen LogP contribution is -1.92. The molecule has 0 heterocycles. The molecule has 0 fully saturated rings. The van der Waals surface area contributed by atoms with Crippen LogP contribution < -0.4 is 0 Å². The summed E-state index contributed by atoms with van der Waals surface area (Å²) in [5.41, 5.74) is 10.7. The molecule has 0 N–H and O–H groups in total. The third-order valence-electron chi connectivity index (χ3n) is 6.12. The van der Waals surface area contributed by atoms with Gasteiger partial charge in [-0.2, -0.15) is 0 Å². The Bertz CT molecular complexity index is 1090. The number of hydrogen-bond donors (Lipinski definition) is 0. The number of aryl methyl sites for hydroxylation is 2. The van der Waals surface area contributed by atoms with Gasteiger partial charge in [-0.15, -0.1) is 0 Å². The fourth-order valence-electron chi connectivity index (χ4n) is 4.21. The molecular formula is C34H36. The van der Waals surface area contributed by atoms with Crippen molar-refractivity contribution in [2.45, 2.75) is 39.5 Å². The van der Waals surface area contributed by atoms with E-state index in [0.29, 0.717) is 0 Å². The minimum absolute atomic E-state index is 1.01. The van der Waals surface area contributed by atoms with Gasteiger partial charge < -0.3 is 0 Å². The summed E-state index contributed by atoms with van der Waals surface area (Å²) in [5.74, 6) is 0. The van der Waals surface area contributed by atoms with E-state index in [0.717, 1.165) is 25.7 Å². The Labute approximate surface area is 206 Å². The van der Waals surface area contributed by atoms with Crippen molar-refractivity contribution in [2.75, 3.05) is 0 Å². The van der Waals surface area contributed by atoms with Gasteiger partial charge in [0.15, 0.2) is 0 Å². The first-order valence-electron chi connectivity index (χ1n) is 12.2. The first-order valence-corrected chi connectivity index (χ1v) is 12.2. The van der Waals surface area contributed by atoms with E-state index >= 15 is 0 Å². The summed E-state index contributed by atoms with van der Waals surface area (Å²) in [7, 11) is 0. The average molecular weight is 445 g/mol. The quantitative estimate of drug-likeness (QED) is 0.254. The lowest BCUT2D eigenvalue weighted by Gasteiger charge is -2.07. The van der Waals surface area contributed by atoms with Gasteiger partial charge in [-0.3, -0.25) is 0 Å². The van der Waals surface area contributed by atoms with Gasteiger partial charge in [0, 0.05) is 0 Å². The SMILES string of the molecule is C=Cc1ccc(Cc2ccccc2)cc1CC.C=Cc1ccc(Cc2ccccc2)cc1CC. The van der Waals surface area contributed by atoms with Crippen LogP contribution in [0.5, 0.6) is 0 Å². The highest BCUT2D eigenvalue weighted by Gasteiger charge is 2.02. The largest absolute Gasteiger partial charge is 0.0985 e. The van der Waals surface area contributed by atoms with E-state index in [2.05, 4.69) is 124 Å². The van der Waals surface area contributed by atoms with E-state index in [1.54, 1.807) is 0 Å². The topological polar surface area (TPSA) is 0 Å². The maximum atomic E-state index is 3.85. The fourth-order valence-corrected chi connectivity index (χ4v) is 4.21. The molecule has 0 aliphatic heterocycles. The summed E-state index contributed by atoms with van der Waals surface area (Å²) in [6.07, 6.45) is 8.00. The zero-order chi connectivity index (χ0) is 24.2. The minimum atomic E-state index is 1.01. The molecule has 0 bridgehead atoms. The molecule has 34 heavy (non-hydrogen) atoms. The lowest BCUT2D eigenvalue weighted by molar-refractivity contribution is 1.10. The van der Waals surface area contributed by atoms with Crippen molar-refractivity contribution in [2.24, 2.45) is 0 Å². The van der Waals surface area contributed by atoms with E-state index in [1.807, 2.05) is 12.2 Å². The van der Waals surface area contributed by atoms with E-state index in [1.165, 1.54) is 44.5 Å². The molecular weight excluding hydrogens is 408 g/mol. The first kappa shape index (κ1) is 25.0. The zero-order valence-electron chi connectivity index (χ0n) is 20.6. The van der Waals surface area contributed by atoms with E-state index < -0.39 is 0 Å². The van der Waals surface area contributed by atoms with Gasteiger partial charge >= 0.3 is 0 Å². The van der Waals surface area contributed by atoms with Crippen LogP contribution in [0.2, 0.25) is 0 Å². The molecule has 4 aromatic rings. The first-order chi connectivity index (χ1) is 16.7. The van der Waals surface area contributed by atoms with Gasteiger partial charge in [-0.05, 0) is 70.2 Å². The summed E-state index contributed by atoms with van der Waals surface area (Å²) in [5, 5.41) is 0. The normalized spacial score (nSPS) is 10.2. The van der Waals surface area contributed by atoms with E-state index in [4.69, 9.17) is 0 Å². The predicted molar refractivity (Wildman–Crippen MR) is 150 cm³/mol. The van der Waals surface area contributed by atoms with Crippen molar-refractivity contribution >= 4 is 12.2 Å². The molecule has 0 saturated heterocycles. The Kier molecular flexibility index (Phi) is 9.67. The number of benzene rings is 4. The molecule has 4 rings (SSSR count). The Morgan fingerprint density at radius 2 is 0.882 bits per heavy atom. The molecule has 0 aliphatic carbocycles. The van der Waals surface area contributed by atoms with Crippen LogP contribution in [0, 0.1) is 0 Å². The Hall–Kier alpha value is -3.64. The van der Waals surface area contributed by atoms with Crippen LogP contribution in [0.1, 0.15) is 58.4 Å².